The van der Waals surface area contributed by atoms with Gasteiger partial charge in [0.25, 0.3) is 5.91 Å². The highest BCUT2D eigenvalue weighted by Crippen LogP contribution is 2.34. The Kier molecular flexibility index (Phi) is 4.54. The molecular formula is C17H16N8O3S. The van der Waals surface area contributed by atoms with Gasteiger partial charge in [-0.15, -0.1) is 11.3 Å². The van der Waals surface area contributed by atoms with Crippen LogP contribution in [0.2, 0.25) is 0 Å². The van der Waals surface area contributed by atoms with Crippen LogP contribution in [-0.4, -0.2) is 47.9 Å². The molecule has 0 radical (unpaired) electrons. The maximum Gasteiger partial charge on any atom is 0.351 e. The van der Waals surface area contributed by atoms with Gasteiger partial charge in [0.2, 0.25) is 0 Å². The van der Waals surface area contributed by atoms with Crippen molar-refractivity contribution in [2.24, 2.45) is 0 Å². The van der Waals surface area contributed by atoms with Gasteiger partial charge in [-0.1, -0.05) is 0 Å². The van der Waals surface area contributed by atoms with E-state index in [2.05, 4.69) is 35.2 Å². The highest BCUT2D eigenvalue weighted by Gasteiger charge is 2.25. The maximum absolute atomic E-state index is 12.6. The van der Waals surface area contributed by atoms with Gasteiger partial charge in [0.15, 0.2) is 17.6 Å². The molecule has 148 valence electrons. The van der Waals surface area contributed by atoms with E-state index in [0.717, 1.165) is 11.3 Å². The molecule has 11 nitrogen and oxygen atoms in total. The highest BCUT2D eigenvalue weighted by molar-refractivity contribution is 7.21. The van der Waals surface area contributed by atoms with Gasteiger partial charge in [0, 0.05) is 0 Å². The molecule has 0 aliphatic heterocycles. The number of esters is 1. The number of anilines is 2. The number of H-pyrrole nitrogens is 1. The number of carbonyl (C=O) groups is 2. The molecule has 4 N–H and O–H groups in total. The molecule has 0 aliphatic carbocycles. The summed E-state index contributed by atoms with van der Waals surface area (Å²) in [6, 6.07) is 0. The van der Waals surface area contributed by atoms with Crippen LogP contribution in [0.25, 0.3) is 21.4 Å². The van der Waals surface area contributed by atoms with Gasteiger partial charge in [0.05, 0.1) is 23.1 Å². The SMILES string of the molecule is Cc1nc(C)c2c(N)c(C(=O)O[C@H](C)C(=O)Nc3ncnc4nc[nH]c34)sc2n1. The quantitative estimate of drug-likeness (QED) is 0.424. The zero-order valence-corrected chi connectivity index (χ0v) is 16.5. The van der Waals surface area contributed by atoms with Gasteiger partial charge in [-0.25, -0.2) is 29.7 Å². The second-order valence-corrected chi connectivity index (χ2v) is 7.24. The Labute approximate surface area is 167 Å². The van der Waals surface area contributed by atoms with Gasteiger partial charge in [-0.05, 0) is 20.8 Å². The lowest BCUT2D eigenvalue weighted by Crippen LogP contribution is -2.30. The minimum atomic E-state index is -1.09. The normalized spacial score (nSPS) is 12.2. The van der Waals surface area contributed by atoms with Crippen LogP contribution in [-0.2, 0) is 9.53 Å². The summed E-state index contributed by atoms with van der Waals surface area (Å²) in [4.78, 5) is 49.3. The van der Waals surface area contributed by atoms with Crippen molar-refractivity contribution < 1.29 is 14.3 Å². The molecule has 0 bridgehead atoms. The first-order valence-corrected chi connectivity index (χ1v) is 9.36. The van der Waals surface area contributed by atoms with E-state index in [0.29, 0.717) is 32.9 Å². The number of aromatic nitrogens is 6. The lowest BCUT2D eigenvalue weighted by Gasteiger charge is -2.13. The first-order chi connectivity index (χ1) is 13.8. The zero-order valence-electron chi connectivity index (χ0n) is 15.7. The molecule has 0 spiro atoms. The summed E-state index contributed by atoms with van der Waals surface area (Å²) in [6.45, 7) is 5.01. The van der Waals surface area contributed by atoms with E-state index in [9.17, 15) is 9.59 Å². The highest BCUT2D eigenvalue weighted by atomic mass is 32.1. The van der Waals surface area contributed by atoms with Crippen LogP contribution < -0.4 is 11.1 Å². The van der Waals surface area contributed by atoms with E-state index in [-0.39, 0.29) is 16.4 Å². The number of hydrogen-bond donors (Lipinski definition) is 3. The van der Waals surface area contributed by atoms with Gasteiger partial charge >= 0.3 is 5.97 Å². The van der Waals surface area contributed by atoms with Crippen molar-refractivity contribution in [1.82, 2.24) is 29.9 Å². The van der Waals surface area contributed by atoms with E-state index in [1.54, 1.807) is 13.8 Å². The molecule has 12 heteroatoms. The Morgan fingerprint density at radius 3 is 2.83 bits per heavy atom. The molecule has 4 heterocycles. The third kappa shape index (κ3) is 3.33. The van der Waals surface area contributed by atoms with E-state index in [4.69, 9.17) is 10.5 Å². The summed E-state index contributed by atoms with van der Waals surface area (Å²) in [5.41, 5.74) is 7.92. The van der Waals surface area contributed by atoms with E-state index in [1.165, 1.54) is 19.6 Å². The Morgan fingerprint density at radius 1 is 1.24 bits per heavy atom. The van der Waals surface area contributed by atoms with Crippen LogP contribution in [0.4, 0.5) is 11.5 Å². The van der Waals surface area contributed by atoms with E-state index < -0.39 is 18.0 Å². The molecule has 1 amide bonds. The Balaban J connectivity index is 1.53. The van der Waals surface area contributed by atoms with Gasteiger partial charge < -0.3 is 20.8 Å². The van der Waals surface area contributed by atoms with Crippen LogP contribution in [0, 0.1) is 13.8 Å². The van der Waals surface area contributed by atoms with Gasteiger partial charge in [0.1, 0.15) is 27.4 Å². The topological polar surface area (TPSA) is 162 Å². The number of thiophene rings is 1. The molecule has 1 atom stereocenters. The molecule has 4 aromatic heterocycles. The number of ether oxygens (including phenoxy) is 1. The van der Waals surface area contributed by atoms with Crippen molar-refractivity contribution in [3.63, 3.8) is 0 Å². The minimum absolute atomic E-state index is 0.181. The van der Waals surface area contributed by atoms with Crippen molar-refractivity contribution in [2.45, 2.75) is 26.9 Å². The average Bonchev–Trinajstić information content (AvgIpc) is 3.26. The number of fused-ring (bicyclic) bond motifs is 2. The fourth-order valence-electron chi connectivity index (χ4n) is 2.83. The molecule has 29 heavy (non-hydrogen) atoms. The van der Waals surface area contributed by atoms with Crippen molar-refractivity contribution in [3.8, 4) is 0 Å². The van der Waals surface area contributed by atoms with Gasteiger partial charge in [-0.3, -0.25) is 4.79 Å². The van der Waals surface area contributed by atoms with Crippen LogP contribution in [0.5, 0.6) is 0 Å². The van der Waals surface area contributed by atoms with Crippen LogP contribution in [0.15, 0.2) is 12.7 Å². The monoisotopic (exact) mass is 412 g/mol. The number of carbonyl (C=O) groups excluding carboxylic acids is 2. The number of hydrogen-bond acceptors (Lipinski definition) is 10. The standard InChI is InChI=1S/C17H16N8O3S/c1-6-9-10(18)12(29-16(9)24-8(3)23-6)17(27)28-7(2)15(26)25-14-11-13(20-4-19-11)21-5-22-14/h4-5,7H,18H2,1-3H3,(H2,19,20,21,22,25,26)/t7-/m1/s1. The number of imidazole rings is 1. The van der Waals surface area contributed by atoms with Crippen molar-refractivity contribution in [3.05, 3.63) is 29.1 Å². The number of amides is 1. The number of nitrogens with two attached hydrogens (primary N) is 1. The van der Waals surface area contributed by atoms with Crippen LogP contribution in [0.3, 0.4) is 0 Å². The van der Waals surface area contributed by atoms with Crippen molar-refractivity contribution >= 4 is 56.1 Å². The van der Waals surface area contributed by atoms with E-state index >= 15 is 0 Å². The maximum atomic E-state index is 12.6. The molecule has 0 unspecified atom stereocenters. The minimum Gasteiger partial charge on any atom is -0.448 e. The molecule has 0 aliphatic rings. The second-order valence-electron chi connectivity index (χ2n) is 6.24. The molecule has 4 rings (SSSR count). The number of nitrogens with one attached hydrogen (secondary N) is 2. The third-order valence-corrected chi connectivity index (χ3v) is 5.26. The smallest absolute Gasteiger partial charge is 0.351 e. The number of nitrogens with zero attached hydrogens (tertiary/aromatic N) is 5. The second kappa shape index (κ2) is 7.05. The average molecular weight is 412 g/mol. The first kappa shape index (κ1) is 18.7. The number of nitrogen functional groups attached to an aromatic ring is 1. The van der Waals surface area contributed by atoms with Crippen LogP contribution in [0.1, 0.15) is 28.1 Å². The summed E-state index contributed by atoms with van der Waals surface area (Å²) in [5, 5.41) is 3.21. The van der Waals surface area contributed by atoms with E-state index in [1.807, 2.05) is 0 Å². The lowest BCUT2D eigenvalue weighted by molar-refractivity contribution is -0.123. The fourth-order valence-corrected chi connectivity index (χ4v) is 3.90. The molecule has 4 aromatic rings. The molecule has 0 saturated heterocycles. The first-order valence-electron chi connectivity index (χ1n) is 8.54. The van der Waals surface area contributed by atoms with Crippen molar-refractivity contribution in [1.29, 1.82) is 0 Å². The third-order valence-electron chi connectivity index (χ3n) is 4.18. The predicted molar refractivity (Wildman–Crippen MR) is 106 cm³/mol. The summed E-state index contributed by atoms with van der Waals surface area (Å²) in [5.74, 6) is -0.443. The number of rotatable bonds is 4. The van der Waals surface area contributed by atoms with Crippen molar-refractivity contribution in [2.75, 3.05) is 11.1 Å². The molecule has 0 aromatic carbocycles. The van der Waals surface area contributed by atoms with Gasteiger partial charge in [-0.2, -0.15) is 0 Å². The fraction of sp³-hybridized carbons (Fsp3) is 0.235. The molecule has 0 saturated carbocycles. The predicted octanol–water partition coefficient (Wildman–Crippen LogP) is 1.74. The summed E-state index contributed by atoms with van der Waals surface area (Å²) < 4.78 is 5.31. The summed E-state index contributed by atoms with van der Waals surface area (Å²) >= 11 is 1.10. The lowest BCUT2D eigenvalue weighted by atomic mass is 10.2. The molecule has 0 fully saturated rings. The Bertz CT molecular complexity index is 1260. The Morgan fingerprint density at radius 2 is 2.03 bits per heavy atom. The summed E-state index contributed by atoms with van der Waals surface area (Å²) in [6.07, 6.45) is 1.63. The number of aryl methyl sites for hydroxylation is 2. The Hall–Kier alpha value is -3.67. The molecular weight excluding hydrogens is 396 g/mol. The largest absolute Gasteiger partial charge is 0.448 e. The number of aromatic amines is 1. The summed E-state index contributed by atoms with van der Waals surface area (Å²) in [7, 11) is 0. The van der Waals surface area contributed by atoms with Crippen LogP contribution >= 0.6 is 11.3 Å². The zero-order chi connectivity index (χ0) is 20.7.